The Balaban J connectivity index is 1.62. The molecular weight excluding hydrogens is 499 g/mol. The van der Waals surface area contributed by atoms with Crippen LogP contribution in [-0.2, 0) is 14.3 Å². The van der Waals surface area contributed by atoms with Gasteiger partial charge in [0.1, 0.15) is 17.1 Å². The molecule has 1 aromatic heterocycles. The highest BCUT2D eigenvalue weighted by Crippen LogP contribution is 2.34. The van der Waals surface area contributed by atoms with E-state index in [-0.39, 0.29) is 38.8 Å². The van der Waals surface area contributed by atoms with Crippen molar-refractivity contribution in [3.05, 3.63) is 81.5 Å². The van der Waals surface area contributed by atoms with Gasteiger partial charge in [0.05, 0.1) is 27.9 Å². The van der Waals surface area contributed by atoms with Crippen molar-refractivity contribution in [2.45, 2.75) is 6.92 Å². The molecule has 10 heteroatoms. The molecule has 0 spiro atoms. The highest BCUT2D eigenvalue weighted by atomic mass is 35.5. The maximum Gasteiger partial charge on any atom is 0.338 e. The van der Waals surface area contributed by atoms with E-state index in [0.29, 0.717) is 16.9 Å². The zero-order valence-corrected chi connectivity index (χ0v) is 20.0. The average molecular weight is 515 g/mol. The number of carbonyl (C=O) groups is 3. The average Bonchev–Trinajstić information content (AvgIpc) is 3.28. The van der Waals surface area contributed by atoms with Crippen molar-refractivity contribution in [1.82, 2.24) is 5.32 Å². The quantitative estimate of drug-likeness (QED) is 0.216. The van der Waals surface area contributed by atoms with Crippen molar-refractivity contribution in [3.8, 4) is 11.3 Å². The zero-order chi connectivity index (χ0) is 24.4. The Kier molecular flexibility index (Phi) is 6.83. The number of carbonyl (C=O) groups excluding carboxylic acids is 3. The SMILES string of the molecule is CCOC(=O)c1ccc(-c2ccc(/C=C3\C(=O)NC(=S)N(c4cccc(Cl)c4Cl)C3=O)o2)cc1. The third-order valence-electron chi connectivity index (χ3n) is 4.87. The van der Waals surface area contributed by atoms with E-state index in [1.54, 1.807) is 61.5 Å². The first-order valence-corrected chi connectivity index (χ1v) is 11.2. The van der Waals surface area contributed by atoms with Gasteiger partial charge in [0.15, 0.2) is 5.11 Å². The molecule has 1 N–H and O–H groups in total. The van der Waals surface area contributed by atoms with E-state index in [9.17, 15) is 14.4 Å². The second-order valence-corrected chi connectivity index (χ2v) is 8.20. The number of thiocarbonyl (C=S) groups is 1. The van der Waals surface area contributed by atoms with Crippen LogP contribution in [0.2, 0.25) is 10.0 Å². The van der Waals surface area contributed by atoms with Crippen molar-refractivity contribution in [2.75, 3.05) is 11.5 Å². The maximum atomic E-state index is 13.2. The minimum Gasteiger partial charge on any atom is -0.462 e. The number of esters is 1. The van der Waals surface area contributed by atoms with Gasteiger partial charge in [-0.3, -0.25) is 19.8 Å². The first-order chi connectivity index (χ1) is 16.3. The molecule has 1 aliphatic heterocycles. The van der Waals surface area contributed by atoms with E-state index in [1.807, 2.05) is 0 Å². The number of benzene rings is 2. The Bertz CT molecular complexity index is 1350. The number of amides is 2. The molecule has 0 radical (unpaired) electrons. The summed E-state index contributed by atoms with van der Waals surface area (Å²) in [5, 5.41) is 2.73. The number of halogens is 2. The van der Waals surface area contributed by atoms with Crippen LogP contribution in [-0.4, -0.2) is 29.5 Å². The lowest BCUT2D eigenvalue weighted by Gasteiger charge is -2.29. The van der Waals surface area contributed by atoms with Crippen LogP contribution < -0.4 is 10.2 Å². The molecule has 172 valence electrons. The van der Waals surface area contributed by atoms with Gasteiger partial charge in [-0.15, -0.1) is 0 Å². The topological polar surface area (TPSA) is 88.9 Å². The molecule has 0 aliphatic carbocycles. The third kappa shape index (κ3) is 4.61. The lowest BCUT2D eigenvalue weighted by atomic mass is 10.1. The number of rotatable bonds is 5. The Morgan fingerprint density at radius 1 is 1.12 bits per heavy atom. The summed E-state index contributed by atoms with van der Waals surface area (Å²) in [6.45, 7) is 2.02. The van der Waals surface area contributed by atoms with Gasteiger partial charge in [0, 0.05) is 5.56 Å². The summed E-state index contributed by atoms with van der Waals surface area (Å²) in [6, 6.07) is 14.7. The fourth-order valence-electron chi connectivity index (χ4n) is 3.25. The molecule has 0 bridgehead atoms. The Morgan fingerprint density at radius 2 is 1.85 bits per heavy atom. The standard InChI is InChI=1S/C24H16Cl2N2O5S/c1-2-32-23(31)14-8-6-13(7-9-14)19-11-10-15(33-19)12-16-21(29)27-24(34)28(22(16)30)18-5-3-4-17(25)20(18)26/h3-12H,2H2,1H3,(H,27,29,34)/b16-12+. The van der Waals surface area contributed by atoms with Crippen molar-refractivity contribution in [2.24, 2.45) is 0 Å². The molecular formula is C24H16Cl2N2O5S. The molecule has 1 saturated heterocycles. The summed E-state index contributed by atoms with van der Waals surface area (Å²) in [5.74, 6) is -0.997. The van der Waals surface area contributed by atoms with Gasteiger partial charge in [-0.05, 0) is 61.6 Å². The van der Waals surface area contributed by atoms with E-state index in [4.69, 9.17) is 44.6 Å². The highest BCUT2D eigenvalue weighted by Gasteiger charge is 2.36. The minimum atomic E-state index is -0.672. The van der Waals surface area contributed by atoms with Gasteiger partial charge in [-0.1, -0.05) is 41.4 Å². The van der Waals surface area contributed by atoms with Crippen LogP contribution in [0.1, 0.15) is 23.0 Å². The second kappa shape index (κ2) is 9.80. The number of nitrogens with zero attached hydrogens (tertiary/aromatic N) is 1. The van der Waals surface area contributed by atoms with Crippen LogP contribution >= 0.6 is 35.4 Å². The van der Waals surface area contributed by atoms with Crippen molar-refractivity contribution in [1.29, 1.82) is 0 Å². The van der Waals surface area contributed by atoms with Gasteiger partial charge < -0.3 is 9.15 Å². The van der Waals surface area contributed by atoms with E-state index in [1.165, 1.54) is 6.08 Å². The van der Waals surface area contributed by atoms with Crippen molar-refractivity contribution >= 4 is 70.1 Å². The highest BCUT2D eigenvalue weighted by molar-refractivity contribution is 7.80. The van der Waals surface area contributed by atoms with Gasteiger partial charge in [0.25, 0.3) is 11.8 Å². The summed E-state index contributed by atoms with van der Waals surface area (Å²) in [7, 11) is 0. The Hall–Kier alpha value is -3.46. The monoisotopic (exact) mass is 514 g/mol. The largest absolute Gasteiger partial charge is 0.462 e. The first kappa shape index (κ1) is 23.7. The molecule has 1 fully saturated rings. The number of furan rings is 1. The molecule has 1 aliphatic rings. The van der Waals surface area contributed by atoms with E-state index < -0.39 is 17.8 Å². The number of anilines is 1. The fraction of sp³-hybridized carbons (Fsp3) is 0.0833. The lowest BCUT2D eigenvalue weighted by Crippen LogP contribution is -2.54. The van der Waals surface area contributed by atoms with Gasteiger partial charge >= 0.3 is 5.97 Å². The summed E-state index contributed by atoms with van der Waals surface area (Å²) < 4.78 is 10.8. The van der Waals surface area contributed by atoms with Crippen LogP contribution in [0.4, 0.5) is 5.69 Å². The number of nitrogens with one attached hydrogen (secondary N) is 1. The molecule has 3 aromatic rings. The van der Waals surface area contributed by atoms with E-state index in [2.05, 4.69) is 5.32 Å². The molecule has 2 amide bonds. The van der Waals surface area contributed by atoms with Gasteiger partial charge in [-0.25, -0.2) is 4.79 Å². The number of ether oxygens (including phenoxy) is 1. The lowest BCUT2D eigenvalue weighted by molar-refractivity contribution is -0.122. The number of hydrogen-bond acceptors (Lipinski definition) is 6. The van der Waals surface area contributed by atoms with Crippen molar-refractivity contribution in [3.63, 3.8) is 0 Å². The summed E-state index contributed by atoms with van der Waals surface area (Å²) in [4.78, 5) is 38.6. The van der Waals surface area contributed by atoms with Crippen LogP contribution in [0.5, 0.6) is 0 Å². The Morgan fingerprint density at radius 3 is 2.56 bits per heavy atom. The molecule has 2 heterocycles. The molecule has 2 aromatic carbocycles. The molecule has 0 saturated carbocycles. The second-order valence-electron chi connectivity index (χ2n) is 7.03. The number of hydrogen-bond donors (Lipinski definition) is 1. The van der Waals surface area contributed by atoms with Crippen LogP contribution in [0, 0.1) is 0 Å². The fourth-order valence-corrected chi connectivity index (χ4v) is 3.91. The molecule has 34 heavy (non-hydrogen) atoms. The normalized spacial score (nSPS) is 15.0. The zero-order valence-electron chi connectivity index (χ0n) is 17.6. The molecule has 7 nitrogen and oxygen atoms in total. The van der Waals surface area contributed by atoms with Crippen molar-refractivity contribution < 1.29 is 23.5 Å². The van der Waals surface area contributed by atoms with Gasteiger partial charge in [-0.2, -0.15) is 0 Å². The van der Waals surface area contributed by atoms with Crippen LogP contribution in [0.15, 0.2) is 64.6 Å². The minimum absolute atomic E-state index is 0.113. The predicted molar refractivity (Wildman–Crippen MR) is 133 cm³/mol. The summed E-state index contributed by atoms with van der Waals surface area (Å²) in [6.07, 6.45) is 1.32. The predicted octanol–water partition coefficient (Wildman–Crippen LogP) is 5.26. The Labute approximate surface area is 209 Å². The third-order valence-corrected chi connectivity index (χ3v) is 5.96. The molecule has 0 unspecified atom stereocenters. The smallest absolute Gasteiger partial charge is 0.338 e. The van der Waals surface area contributed by atoms with Crippen LogP contribution in [0.3, 0.4) is 0 Å². The molecule has 4 rings (SSSR count). The molecule has 0 atom stereocenters. The summed E-state index contributed by atoms with van der Waals surface area (Å²) in [5.41, 5.74) is 1.17. The van der Waals surface area contributed by atoms with E-state index >= 15 is 0 Å². The van der Waals surface area contributed by atoms with Crippen LogP contribution in [0.25, 0.3) is 17.4 Å². The van der Waals surface area contributed by atoms with E-state index in [0.717, 1.165) is 4.90 Å². The summed E-state index contributed by atoms with van der Waals surface area (Å²) >= 11 is 17.5. The van der Waals surface area contributed by atoms with Gasteiger partial charge in [0.2, 0.25) is 0 Å². The maximum absolute atomic E-state index is 13.2. The first-order valence-electron chi connectivity index (χ1n) is 10.0.